The number of nitrogens with zero attached hydrogens (tertiary/aromatic N) is 1. The lowest BCUT2D eigenvalue weighted by Gasteiger charge is -2.30. The highest BCUT2D eigenvalue weighted by atomic mass is 16.5. The van der Waals surface area contributed by atoms with Gasteiger partial charge in [-0.05, 0) is 31.7 Å². The second kappa shape index (κ2) is 10.1. The summed E-state index contributed by atoms with van der Waals surface area (Å²) in [6, 6.07) is 0.0697. The first-order chi connectivity index (χ1) is 9.37. The molecule has 0 spiro atoms. The Hall–Kier alpha value is -0.650. The summed E-state index contributed by atoms with van der Waals surface area (Å²) >= 11 is 0. The van der Waals surface area contributed by atoms with E-state index >= 15 is 0 Å². The van der Waals surface area contributed by atoms with E-state index in [9.17, 15) is 4.79 Å². The molecule has 5 nitrogen and oxygen atoms in total. The summed E-state index contributed by atoms with van der Waals surface area (Å²) in [7, 11) is 3.30. The van der Waals surface area contributed by atoms with Gasteiger partial charge in [-0.25, -0.2) is 0 Å². The third kappa shape index (κ3) is 7.82. The molecule has 0 rings (SSSR count). The van der Waals surface area contributed by atoms with Gasteiger partial charge in [0.2, 0.25) is 5.91 Å². The molecule has 0 aromatic heterocycles. The highest BCUT2D eigenvalue weighted by Crippen LogP contribution is 2.26. The summed E-state index contributed by atoms with van der Waals surface area (Å²) < 4.78 is 10.2. The molecule has 0 radical (unpaired) electrons. The number of ether oxygens (including phenoxy) is 2. The van der Waals surface area contributed by atoms with Crippen LogP contribution >= 0.6 is 0 Å². The quantitative estimate of drug-likeness (QED) is 0.628. The van der Waals surface area contributed by atoms with E-state index in [4.69, 9.17) is 15.2 Å². The van der Waals surface area contributed by atoms with Gasteiger partial charge >= 0.3 is 0 Å². The lowest BCUT2D eigenvalue weighted by atomic mass is 9.84. The van der Waals surface area contributed by atoms with Crippen molar-refractivity contribution in [2.45, 2.75) is 46.1 Å². The summed E-state index contributed by atoms with van der Waals surface area (Å²) in [4.78, 5) is 14.3. The van der Waals surface area contributed by atoms with Gasteiger partial charge in [-0.3, -0.25) is 4.79 Å². The van der Waals surface area contributed by atoms with Crippen molar-refractivity contribution in [3.8, 4) is 0 Å². The Kier molecular flexibility index (Phi) is 9.80. The zero-order valence-corrected chi connectivity index (χ0v) is 13.8. The van der Waals surface area contributed by atoms with Crippen LogP contribution in [-0.4, -0.2) is 57.4 Å². The molecular weight excluding hydrogens is 256 g/mol. The normalized spacial score (nSPS) is 13.3. The van der Waals surface area contributed by atoms with E-state index in [0.717, 1.165) is 12.8 Å². The van der Waals surface area contributed by atoms with Crippen molar-refractivity contribution in [3.05, 3.63) is 0 Å². The molecule has 20 heavy (non-hydrogen) atoms. The van der Waals surface area contributed by atoms with E-state index < -0.39 is 0 Å². The van der Waals surface area contributed by atoms with Crippen molar-refractivity contribution >= 4 is 5.91 Å². The van der Waals surface area contributed by atoms with Crippen molar-refractivity contribution in [1.82, 2.24) is 4.90 Å². The number of carbonyl (C=O) groups excluding carboxylic acids is 1. The Morgan fingerprint density at radius 3 is 2.40 bits per heavy atom. The van der Waals surface area contributed by atoms with Crippen LogP contribution in [0.3, 0.4) is 0 Å². The minimum Gasteiger partial charge on any atom is -0.383 e. The van der Waals surface area contributed by atoms with Gasteiger partial charge in [-0.15, -0.1) is 0 Å². The Balaban J connectivity index is 4.46. The minimum absolute atomic E-state index is 0.0697. The van der Waals surface area contributed by atoms with Crippen LogP contribution in [0.2, 0.25) is 0 Å². The van der Waals surface area contributed by atoms with E-state index in [2.05, 4.69) is 13.8 Å². The Morgan fingerprint density at radius 2 is 1.90 bits per heavy atom. The van der Waals surface area contributed by atoms with Gasteiger partial charge in [-0.1, -0.05) is 13.8 Å². The number of methoxy groups -OCH3 is 2. The largest absolute Gasteiger partial charge is 0.383 e. The molecule has 0 aliphatic heterocycles. The van der Waals surface area contributed by atoms with Crippen LogP contribution in [0.4, 0.5) is 0 Å². The molecule has 0 aromatic rings. The molecule has 0 heterocycles. The number of carbonyl (C=O) groups is 1. The van der Waals surface area contributed by atoms with Crippen molar-refractivity contribution in [1.29, 1.82) is 0 Å². The number of nitrogens with two attached hydrogens (primary N) is 1. The summed E-state index contributed by atoms with van der Waals surface area (Å²) in [6.07, 6.45) is 2.34. The second-order valence-corrected chi connectivity index (χ2v) is 6.09. The third-order valence-corrected chi connectivity index (χ3v) is 3.63. The van der Waals surface area contributed by atoms with Crippen molar-refractivity contribution in [2.75, 3.05) is 40.5 Å². The van der Waals surface area contributed by atoms with E-state index in [-0.39, 0.29) is 17.4 Å². The average molecular weight is 288 g/mol. The summed E-state index contributed by atoms with van der Waals surface area (Å²) in [5.74, 6) is 0.164. The molecule has 0 saturated carbocycles. The predicted molar refractivity (Wildman–Crippen MR) is 81.6 cm³/mol. The molecule has 0 aromatic carbocycles. The van der Waals surface area contributed by atoms with E-state index in [1.165, 1.54) is 0 Å². The van der Waals surface area contributed by atoms with Gasteiger partial charge < -0.3 is 20.1 Å². The highest BCUT2D eigenvalue weighted by Gasteiger charge is 2.23. The van der Waals surface area contributed by atoms with Gasteiger partial charge in [-0.2, -0.15) is 0 Å². The SMILES string of the molecule is COCCN(C(=O)CCC(C)(C)CCN)C(C)COC. The van der Waals surface area contributed by atoms with Crippen LogP contribution < -0.4 is 5.73 Å². The zero-order valence-electron chi connectivity index (χ0n) is 13.8. The molecule has 0 aliphatic carbocycles. The fraction of sp³-hybridized carbons (Fsp3) is 0.933. The van der Waals surface area contributed by atoms with Gasteiger partial charge in [0.1, 0.15) is 0 Å². The van der Waals surface area contributed by atoms with Crippen molar-refractivity contribution in [2.24, 2.45) is 11.1 Å². The number of rotatable bonds is 11. The Bertz CT molecular complexity index is 270. The standard InChI is InChI=1S/C15H32N2O3/c1-13(12-20-5)17(10-11-19-4)14(18)6-7-15(2,3)8-9-16/h13H,6-12,16H2,1-5H3. The Labute approximate surface area is 123 Å². The molecule has 120 valence electrons. The first-order valence-electron chi connectivity index (χ1n) is 7.35. The van der Waals surface area contributed by atoms with Gasteiger partial charge in [0.25, 0.3) is 0 Å². The van der Waals surface area contributed by atoms with Crippen LogP contribution in [0.1, 0.15) is 40.0 Å². The first-order valence-corrected chi connectivity index (χ1v) is 7.35. The van der Waals surface area contributed by atoms with Crippen LogP contribution in [0.25, 0.3) is 0 Å². The fourth-order valence-corrected chi connectivity index (χ4v) is 2.22. The Morgan fingerprint density at radius 1 is 1.25 bits per heavy atom. The molecule has 1 atom stereocenters. The number of hydrogen-bond donors (Lipinski definition) is 1. The van der Waals surface area contributed by atoms with E-state index in [0.29, 0.717) is 32.7 Å². The molecule has 1 unspecified atom stereocenters. The topological polar surface area (TPSA) is 64.8 Å². The smallest absolute Gasteiger partial charge is 0.222 e. The maximum Gasteiger partial charge on any atom is 0.222 e. The van der Waals surface area contributed by atoms with Crippen LogP contribution in [0.5, 0.6) is 0 Å². The third-order valence-electron chi connectivity index (χ3n) is 3.63. The van der Waals surface area contributed by atoms with Gasteiger partial charge in [0.05, 0.1) is 19.3 Å². The molecule has 0 aliphatic rings. The van der Waals surface area contributed by atoms with Gasteiger partial charge in [0, 0.05) is 27.2 Å². The zero-order chi connectivity index (χ0) is 15.6. The molecule has 1 amide bonds. The molecule has 0 saturated heterocycles. The number of amides is 1. The fourth-order valence-electron chi connectivity index (χ4n) is 2.22. The van der Waals surface area contributed by atoms with E-state index in [1.54, 1.807) is 14.2 Å². The van der Waals surface area contributed by atoms with Crippen LogP contribution in [-0.2, 0) is 14.3 Å². The first kappa shape index (κ1) is 19.4. The lowest BCUT2D eigenvalue weighted by molar-refractivity contribution is -0.135. The highest BCUT2D eigenvalue weighted by molar-refractivity contribution is 5.76. The molecule has 2 N–H and O–H groups in total. The van der Waals surface area contributed by atoms with Crippen LogP contribution in [0.15, 0.2) is 0 Å². The second-order valence-electron chi connectivity index (χ2n) is 6.09. The van der Waals surface area contributed by atoms with Gasteiger partial charge in [0.15, 0.2) is 0 Å². The monoisotopic (exact) mass is 288 g/mol. The summed E-state index contributed by atoms with van der Waals surface area (Å²) in [6.45, 7) is 8.68. The summed E-state index contributed by atoms with van der Waals surface area (Å²) in [5.41, 5.74) is 5.72. The van der Waals surface area contributed by atoms with E-state index in [1.807, 2.05) is 11.8 Å². The maximum absolute atomic E-state index is 12.4. The molecular formula is C15H32N2O3. The van der Waals surface area contributed by atoms with Crippen molar-refractivity contribution < 1.29 is 14.3 Å². The maximum atomic E-state index is 12.4. The number of hydrogen-bond acceptors (Lipinski definition) is 4. The minimum atomic E-state index is 0.0697. The predicted octanol–water partition coefficient (Wildman–Crippen LogP) is 1.65. The molecule has 5 heteroatoms. The van der Waals surface area contributed by atoms with Crippen molar-refractivity contribution in [3.63, 3.8) is 0 Å². The van der Waals surface area contributed by atoms with Crippen LogP contribution in [0, 0.1) is 5.41 Å². The molecule has 0 fully saturated rings. The molecule has 0 bridgehead atoms. The lowest BCUT2D eigenvalue weighted by Crippen LogP contribution is -2.43. The summed E-state index contributed by atoms with van der Waals surface area (Å²) in [5, 5.41) is 0. The average Bonchev–Trinajstić information content (AvgIpc) is 2.37.